The van der Waals surface area contributed by atoms with E-state index in [9.17, 15) is 5.11 Å². The van der Waals surface area contributed by atoms with Crippen LogP contribution in [0.3, 0.4) is 0 Å². The summed E-state index contributed by atoms with van der Waals surface area (Å²) in [4.78, 5) is 0. The number of rotatable bonds is 4. The molecule has 2 nitrogen and oxygen atoms in total. The quantitative estimate of drug-likeness (QED) is 0.842. The summed E-state index contributed by atoms with van der Waals surface area (Å²) in [5, 5.41) is 12.1. The van der Waals surface area contributed by atoms with Gasteiger partial charge in [-0.3, -0.25) is 0 Å². The van der Waals surface area contributed by atoms with Gasteiger partial charge in [0, 0.05) is 27.5 Å². The van der Waals surface area contributed by atoms with Crippen LogP contribution in [-0.2, 0) is 0 Å². The largest absolute Gasteiger partial charge is 0.388 e. The Morgan fingerprint density at radius 2 is 1.67 bits per heavy atom. The highest BCUT2D eigenvalue weighted by molar-refractivity contribution is 6.36. The van der Waals surface area contributed by atoms with E-state index < -0.39 is 12.0 Å². The van der Waals surface area contributed by atoms with E-state index in [-0.39, 0.29) is 6.54 Å². The second-order valence-corrected chi connectivity index (χ2v) is 6.17. The van der Waals surface area contributed by atoms with Gasteiger partial charge in [0.15, 0.2) is 0 Å². The van der Waals surface area contributed by atoms with Crippen molar-refractivity contribution < 1.29 is 5.11 Å². The number of aliphatic hydroxyl groups is 1. The topological polar surface area (TPSA) is 46.2 Å². The van der Waals surface area contributed by atoms with E-state index in [0.717, 1.165) is 5.56 Å². The van der Waals surface area contributed by atoms with Gasteiger partial charge in [-0.15, -0.1) is 0 Å². The smallest absolute Gasteiger partial charge is 0.0886 e. The second kappa shape index (κ2) is 6.99. The lowest BCUT2D eigenvalue weighted by Crippen LogP contribution is -2.21. The van der Waals surface area contributed by atoms with Crippen molar-refractivity contribution in [2.75, 3.05) is 6.54 Å². The molecule has 3 N–H and O–H groups in total. The minimum absolute atomic E-state index is 0.203. The van der Waals surface area contributed by atoms with Crippen molar-refractivity contribution in [3.8, 4) is 0 Å². The molecule has 21 heavy (non-hydrogen) atoms. The first-order chi connectivity index (χ1) is 9.95. The van der Waals surface area contributed by atoms with Crippen LogP contribution >= 0.6 is 34.8 Å². The molecule has 0 saturated heterocycles. The summed E-state index contributed by atoms with van der Waals surface area (Å²) in [6, 6.07) is 10.7. The van der Waals surface area contributed by atoms with Crippen molar-refractivity contribution in [1.82, 2.24) is 0 Å². The number of hydrogen-bond acceptors (Lipinski definition) is 2. The summed E-state index contributed by atoms with van der Waals surface area (Å²) >= 11 is 18.7. The molecule has 5 heteroatoms. The molecule has 112 valence electrons. The van der Waals surface area contributed by atoms with Crippen molar-refractivity contribution in [1.29, 1.82) is 0 Å². The van der Waals surface area contributed by atoms with Gasteiger partial charge in [0.1, 0.15) is 0 Å². The molecule has 0 aliphatic carbocycles. The van der Waals surface area contributed by atoms with Crippen LogP contribution in [0.25, 0.3) is 0 Å². The number of nitrogens with two attached hydrogens (primary N) is 1. The highest BCUT2D eigenvalue weighted by atomic mass is 35.5. The summed E-state index contributed by atoms with van der Waals surface area (Å²) in [6.07, 6.45) is -0.875. The maximum absolute atomic E-state index is 10.7. The highest BCUT2D eigenvalue weighted by Crippen LogP contribution is 2.40. The van der Waals surface area contributed by atoms with Gasteiger partial charge in [-0.05, 0) is 41.8 Å². The third kappa shape index (κ3) is 3.53. The Bertz CT molecular complexity index is 625. The molecule has 0 aliphatic heterocycles. The predicted octanol–water partition coefficient (Wildman–Crippen LogP) is 4.73. The van der Waals surface area contributed by atoms with Crippen LogP contribution in [0.5, 0.6) is 0 Å². The fourth-order valence-corrected chi connectivity index (χ4v) is 3.38. The first kappa shape index (κ1) is 16.6. The molecule has 0 radical (unpaired) electrons. The Morgan fingerprint density at radius 1 is 1.05 bits per heavy atom. The third-order valence-corrected chi connectivity index (χ3v) is 4.47. The fourth-order valence-electron chi connectivity index (χ4n) is 2.36. The molecule has 0 heterocycles. The molecular formula is C16H16Cl3NO. The van der Waals surface area contributed by atoms with Crippen LogP contribution in [0.15, 0.2) is 36.4 Å². The molecule has 0 fully saturated rings. The van der Waals surface area contributed by atoms with Crippen molar-refractivity contribution in [3.05, 3.63) is 68.2 Å². The molecule has 0 aromatic heterocycles. The normalized spacial score (nSPS) is 14.0. The van der Waals surface area contributed by atoms with Gasteiger partial charge in [-0.1, -0.05) is 53.0 Å². The van der Waals surface area contributed by atoms with Gasteiger partial charge in [-0.2, -0.15) is 0 Å². The van der Waals surface area contributed by atoms with E-state index in [4.69, 9.17) is 40.5 Å². The van der Waals surface area contributed by atoms with Crippen LogP contribution in [0.2, 0.25) is 15.1 Å². The molecular weight excluding hydrogens is 329 g/mol. The SMILES string of the molecule is Cc1ccc(C(O)C(CN)c2c(Cl)cccc2Cl)c(Cl)c1. The molecule has 0 saturated carbocycles. The zero-order valence-corrected chi connectivity index (χ0v) is 13.8. The summed E-state index contributed by atoms with van der Waals surface area (Å²) in [5.41, 5.74) is 8.13. The van der Waals surface area contributed by atoms with Crippen molar-refractivity contribution >= 4 is 34.8 Å². The maximum atomic E-state index is 10.7. The van der Waals surface area contributed by atoms with Crippen LogP contribution in [0.4, 0.5) is 0 Å². The summed E-state index contributed by atoms with van der Waals surface area (Å²) in [6.45, 7) is 2.14. The van der Waals surface area contributed by atoms with Crippen molar-refractivity contribution in [2.45, 2.75) is 18.9 Å². The molecule has 0 aliphatic rings. The monoisotopic (exact) mass is 343 g/mol. The fraction of sp³-hybridized carbons (Fsp3) is 0.250. The van der Waals surface area contributed by atoms with E-state index in [1.54, 1.807) is 24.3 Å². The van der Waals surface area contributed by atoms with Crippen LogP contribution < -0.4 is 5.73 Å². The van der Waals surface area contributed by atoms with Gasteiger partial charge in [0.05, 0.1) is 6.10 Å². The average Bonchev–Trinajstić information content (AvgIpc) is 2.42. The Kier molecular flexibility index (Phi) is 5.53. The van der Waals surface area contributed by atoms with Gasteiger partial charge >= 0.3 is 0 Å². The summed E-state index contributed by atoms with van der Waals surface area (Å²) in [7, 11) is 0. The number of hydrogen-bond donors (Lipinski definition) is 2. The van der Waals surface area contributed by atoms with E-state index in [0.29, 0.717) is 26.2 Å². The maximum Gasteiger partial charge on any atom is 0.0886 e. The Morgan fingerprint density at radius 3 is 2.19 bits per heavy atom. The number of halogens is 3. The first-order valence-electron chi connectivity index (χ1n) is 6.53. The van der Waals surface area contributed by atoms with Crippen molar-refractivity contribution in [3.63, 3.8) is 0 Å². The van der Waals surface area contributed by atoms with Crippen LogP contribution in [0.1, 0.15) is 28.7 Å². The number of aryl methyl sites for hydroxylation is 1. The number of aliphatic hydroxyl groups excluding tert-OH is 1. The lowest BCUT2D eigenvalue weighted by atomic mass is 9.88. The molecule has 2 unspecified atom stereocenters. The first-order valence-corrected chi connectivity index (χ1v) is 7.67. The lowest BCUT2D eigenvalue weighted by Gasteiger charge is -2.25. The van der Waals surface area contributed by atoms with Crippen molar-refractivity contribution in [2.24, 2.45) is 5.73 Å². The van der Waals surface area contributed by atoms with E-state index >= 15 is 0 Å². The van der Waals surface area contributed by atoms with E-state index in [1.807, 2.05) is 19.1 Å². The molecule has 0 spiro atoms. The van der Waals surface area contributed by atoms with Gasteiger partial charge < -0.3 is 10.8 Å². The van der Waals surface area contributed by atoms with Gasteiger partial charge in [-0.25, -0.2) is 0 Å². The molecule has 2 rings (SSSR count). The minimum Gasteiger partial charge on any atom is -0.388 e. The lowest BCUT2D eigenvalue weighted by molar-refractivity contribution is 0.147. The summed E-state index contributed by atoms with van der Waals surface area (Å²) in [5.74, 6) is -0.425. The number of benzene rings is 2. The molecule has 2 atom stereocenters. The van der Waals surface area contributed by atoms with Crippen LogP contribution in [0, 0.1) is 6.92 Å². The van der Waals surface area contributed by atoms with E-state index in [1.165, 1.54) is 0 Å². The summed E-state index contributed by atoms with van der Waals surface area (Å²) < 4.78 is 0. The van der Waals surface area contributed by atoms with Gasteiger partial charge in [0.25, 0.3) is 0 Å². The standard InChI is InChI=1S/C16H16Cl3NO/c1-9-5-6-10(14(19)7-9)16(21)11(8-20)15-12(17)3-2-4-13(15)18/h2-7,11,16,21H,8,20H2,1H3. The zero-order valence-electron chi connectivity index (χ0n) is 11.5. The average molecular weight is 345 g/mol. The minimum atomic E-state index is -0.875. The Balaban J connectivity index is 2.46. The third-order valence-electron chi connectivity index (χ3n) is 3.48. The molecule has 2 aromatic carbocycles. The Labute approximate surface area is 139 Å². The second-order valence-electron chi connectivity index (χ2n) is 4.95. The predicted molar refractivity (Wildman–Crippen MR) is 89.4 cm³/mol. The zero-order chi connectivity index (χ0) is 15.6. The van der Waals surface area contributed by atoms with E-state index in [2.05, 4.69) is 0 Å². The molecule has 0 bridgehead atoms. The van der Waals surface area contributed by atoms with Gasteiger partial charge in [0.2, 0.25) is 0 Å². The molecule has 0 amide bonds. The van der Waals surface area contributed by atoms with Crippen LogP contribution in [-0.4, -0.2) is 11.7 Å². The molecule has 2 aromatic rings. The highest BCUT2D eigenvalue weighted by Gasteiger charge is 2.27. The Hall–Kier alpha value is -0.770.